The quantitative estimate of drug-likeness (QED) is 0.901. The van der Waals surface area contributed by atoms with Crippen molar-refractivity contribution in [2.75, 3.05) is 13.1 Å². The Kier molecular flexibility index (Phi) is 3.23. The highest BCUT2D eigenvalue weighted by Crippen LogP contribution is 2.24. The van der Waals surface area contributed by atoms with Crippen molar-refractivity contribution in [1.82, 2.24) is 19.7 Å². The molecule has 0 aliphatic carbocycles. The van der Waals surface area contributed by atoms with E-state index < -0.39 is 0 Å². The molecule has 1 aromatic carbocycles. The van der Waals surface area contributed by atoms with Crippen LogP contribution in [0.4, 0.5) is 0 Å². The van der Waals surface area contributed by atoms with Crippen molar-refractivity contribution in [3.63, 3.8) is 0 Å². The van der Waals surface area contributed by atoms with Crippen LogP contribution in [0.15, 0.2) is 24.3 Å². The Morgan fingerprint density at radius 3 is 2.70 bits per heavy atom. The molecule has 0 bridgehead atoms. The molecule has 104 valence electrons. The molecule has 0 saturated heterocycles. The first-order chi connectivity index (χ1) is 9.76. The van der Waals surface area contributed by atoms with Gasteiger partial charge in [0.2, 0.25) is 5.82 Å². The van der Waals surface area contributed by atoms with Gasteiger partial charge in [0.25, 0.3) is 5.91 Å². The predicted molar refractivity (Wildman–Crippen MR) is 73.0 cm³/mol. The van der Waals surface area contributed by atoms with Gasteiger partial charge < -0.3 is 14.6 Å². The van der Waals surface area contributed by atoms with E-state index in [9.17, 15) is 9.90 Å². The lowest BCUT2D eigenvalue weighted by Crippen LogP contribution is -2.40. The molecule has 1 aliphatic rings. The number of rotatable bonds is 3. The summed E-state index contributed by atoms with van der Waals surface area (Å²) >= 11 is 0. The maximum absolute atomic E-state index is 12.2. The molecule has 6 heteroatoms. The van der Waals surface area contributed by atoms with Crippen LogP contribution in [0.2, 0.25) is 0 Å². The van der Waals surface area contributed by atoms with Crippen LogP contribution < -0.4 is 0 Å². The lowest BCUT2D eigenvalue weighted by Gasteiger charge is -2.26. The van der Waals surface area contributed by atoms with Crippen molar-refractivity contribution in [3.05, 3.63) is 35.7 Å². The molecule has 0 unspecified atom stereocenters. The molecular formula is C14H16N4O2. The Morgan fingerprint density at radius 1 is 1.20 bits per heavy atom. The van der Waals surface area contributed by atoms with Crippen LogP contribution in [0.3, 0.4) is 0 Å². The largest absolute Gasteiger partial charge is 0.392 e. The summed E-state index contributed by atoms with van der Waals surface area (Å²) in [6.07, 6.45) is 0. The third-order valence-corrected chi connectivity index (χ3v) is 3.63. The minimum Gasteiger partial charge on any atom is -0.392 e. The normalized spacial score (nSPS) is 14.5. The summed E-state index contributed by atoms with van der Waals surface area (Å²) in [6.45, 7) is 3.90. The topological polar surface area (TPSA) is 71.2 Å². The zero-order valence-electron chi connectivity index (χ0n) is 11.3. The summed E-state index contributed by atoms with van der Waals surface area (Å²) < 4.78 is 1.84. The fourth-order valence-corrected chi connectivity index (χ4v) is 2.51. The van der Waals surface area contributed by atoms with Crippen molar-refractivity contribution in [1.29, 1.82) is 0 Å². The Labute approximate surface area is 116 Å². The number of amides is 1. The van der Waals surface area contributed by atoms with Crippen LogP contribution in [0, 0.1) is 0 Å². The molecule has 3 rings (SSSR count). The zero-order valence-corrected chi connectivity index (χ0v) is 11.3. The minimum atomic E-state index is -0.0843. The van der Waals surface area contributed by atoms with Gasteiger partial charge in [-0.05, 0) is 12.5 Å². The Bertz CT molecular complexity index is 650. The van der Waals surface area contributed by atoms with E-state index >= 15 is 0 Å². The van der Waals surface area contributed by atoms with Crippen molar-refractivity contribution >= 4 is 5.91 Å². The number of carbonyl (C=O) groups is 1. The van der Waals surface area contributed by atoms with E-state index in [1.807, 2.05) is 35.8 Å². The average Bonchev–Trinajstić information content (AvgIpc) is 2.92. The summed E-state index contributed by atoms with van der Waals surface area (Å²) in [7, 11) is 0. The van der Waals surface area contributed by atoms with Crippen LogP contribution in [0.25, 0.3) is 11.4 Å². The van der Waals surface area contributed by atoms with E-state index in [0.717, 1.165) is 11.1 Å². The van der Waals surface area contributed by atoms with Crippen molar-refractivity contribution in [2.45, 2.75) is 20.1 Å². The van der Waals surface area contributed by atoms with Crippen LogP contribution in [0.1, 0.15) is 23.1 Å². The van der Waals surface area contributed by atoms with Crippen molar-refractivity contribution in [3.8, 4) is 11.4 Å². The van der Waals surface area contributed by atoms with Crippen LogP contribution in [-0.2, 0) is 13.2 Å². The van der Waals surface area contributed by atoms with Gasteiger partial charge in [-0.15, -0.1) is 10.2 Å². The summed E-state index contributed by atoms with van der Waals surface area (Å²) in [4.78, 5) is 14.0. The monoisotopic (exact) mass is 272 g/mol. The molecule has 0 atom stereocenters. The highest BCUT2D eigenvalue weighted by atomic mass is 16.3. The molecule has 1 N–H and O–H groups in total. The molecule has 2 heterocycles. The van der Waals surface area contributed by atoms with E-state index in [0.29, 0.717) is 31.3 Å². The molecule has 0 spiro atoms. The zero-order chi connectivity index (χ0) is 14.1. The second kappa shape index (κ2) is 5.05. The lowest BCUT2D eigenvalue weighted by atomic mass is 10.1. The summed E-state index contributed by atoms with van der Waals surface area (Å²) in [5, 5.41) is 17.6. The average molecular weight is 272 g/mol. The van der Waals surface area contributed by atoms with Gasteiger partial charge in [-0.25, -0.2) is 0 Å². The Hall–Kier alpha value is -2.21. The van der Waals surface area contributed by atoms with E-state index in [-0.39, 0.29) is 12.5 Å². The fourth-order valence-electron chi connectivity index (χ4n) is 2.51. The van der Waals surface area contributed by atoms with Crippen LogP contribution in [-0.4, -0.2) is 43.8 Å². The molecule has 0 saturated carbocycles. The number of carbonyl (C=O) groups excluding carboxylic acids is 1. The Balaban J connectivity index is 2.08. The standard InChI is InChI=1S/C14H16N4O2/c1-2-17-7-8-18-12(15-16-13(18)14(17)20)11-6-4-3-5-10(11)9-19/h3-6,19H,2,7-9H2,1H3. The number of benzene rings is 1. The van der Waals surface area contributed by atoms with Gasteiger partial charge in [0.15, 0.2) is 5.82 Å². The van der Waals surface area contributed by atoms with Gasteiger partial charge in [-0.3, -0.25) is 4.79 Å². The summed E-state index contributed by atoms with van der Waals surface area (Å²) in [6, 6.07) is 7.49. The van der Waals surface area contributed by atoms with Crippen molar-refractivity contribution in [2.24, 2.45) is 0 Å². The first kappa shape index (κ1) is 12.8. The Morgan fingerprint density at radius 2 is 1.95 bits per heavy atom. The smallest absolute Gasteiger partial charge is 0.291 e. The molecule has 1 aromatic heterocycles. The minimum absolute atomic E-state index is 0.0621. The number of fused-ring (bicyclic) bond motifs is 1. The molecular weight excluding hydrogens is 256 g/mol. The van der Waals surface area contributed by atoms with Crippen LogP contribution >= 0.6 is 0 Å². The second-order valence-electron chi connectivity index (χ2n) is 4.70. The fraction of sp³-hybridized carbons (Fsp3) is 0.357. The molecule has 2 aromatic rings. The number of nitrogens with zero attached hydrogens (tertiary/aromatic N) is 4. The number of likely N-dealkylation sites (N-methyl/N-ethyl adjacent to an activating group) is 1. The SMILES string of the molecule is CCN1CCn2c(nnc2-c2ccccc2CO)C1=O. The molecule has 1 amide bonds. The molecule has 6 nitrogen and oxygen atoms in total. The number of aliphatic hydroxyl groups excluding tert-OH is 1. The van der Waals surface area contributed by atoms with E-state index in [1.165, 1.54) is 0 Å². The predicted octanol–water partition coefficient (Wildman–Crippen LogP) is 0.913. The van der Waals surface area contributed by atoms with Gasteiger partial charge in [0, 0.05) is 25.2 Å². The highest BCUT2D eigenvalue weighted by molar-refractivity contribution is 5.92. The number of aliphatic hydroxyl groups is 1. The molecule has 0 fully saturated rings. The summed E-state index contributed by atoms with van der Waals surface area (Å²) in [5.41, 5.74) is 1.61. The van der Waals surface area contributed by atoms with Gasteiger partial charge in [-0.2, -0.15) is 0 Å². The van der Waals surface area contributed by atoms with Gasteiger partial charge in [0.1, 0.15) is 0 Å². The maximum Gasteiger partial charge on any atom is 0.291 e. The highest BCUT2D eigenvalue weighted by Gasteiger charge is 2.28. The third-order valence-electron chi connectivity index (χ3n) is 3.63. The molecule has 20 heavy (non-hydrogen) atoms. The van der Waals surface area contributed by atoms with Gasteiger partial charge >= 0.3 is 0 Å². The number of hydrogen-bond donors (Lipinski definition) is 1. The van der Waals surface area contributed by atoms with Gasteiger partial charge in [0.05, 0.1) is 6.61 Å². The van der Waals surface area contributed by atoms with E-state index in [4.69, 9.17) is 0 Å². The summed E-state index contributed by atoms with van der Waals surface area (Å²) in [5.74, 6) is 0.938. The molecule has 0 radical (unpaired) electrons. The first-order valence-electron chi connectivity index (χ1n) is 6.68. The number of hydrogen-bond acceptors (Lipinski definition) is 4. The van der Waals surface area contributed by atoms with Gasteiger partial charge in [-0.1, -0.05) is 24.3 Å². The van der Waals surface area contributed by atoms with Crippen LogP contribution in [0.5, 0.6) is 0 Å². The van der Waals surface area contributed by atoms with E-state index in [2.05, 4.69) is 10.2 Å². The number of aromatic nitrogens is 3. The maximum atomic E-state index is 12.2. The lowest BCUT2D eigenvalue weighted by molar-refractivity contribution is 0.0707. The van der Waals surface area contributed by atoms with Crippen molar-refractivity contribution < 1.29 is 9.90 Å². The first-order valence-corrected chi connectivity index (χ1v) is 6.68. The molecule has 1 aliphatic heterocycles. The third kappa shape index (κ3) is 1.89. The van der Waals surface area contributed by atoms with E-state index in [1.54, 1.807) is 4.90 Å². The second-order valence-corrected chi connectivity index (χ2v) is 4.70.